The molecule has 2 aliphatic rings. The molecule has 1 unspecified atom stereocenters. The van der Waals surface area contributed by atoms with E-state index < -0.39 is 0 Å². The molecule has 0 radical (unpaired) electrons. The lowest BCUT2D eigenvalue weighted by atomic mass is 9.79. The highest BCUT2D eigenvalue weighted by atomic mass is 16.5. The smallest absolute Gasteiger partial charge is 0.0964 e. The predicted octanol–water partition coefficient (Wildman–Crippen LogP) is 2.62. The van der Waals surface area contributed by atoms with Gasteiger partial charge in [-0.15, -0.1) is 0 Å². The van der Waals surface area contributed by atoms with Crippen molar-refractivity contribution in [3.63, 3.8) is 0 Å². The zero-order valence-corrected chi connectivity index (χ0v) is 12.6. The van der Waals surface area contributed by atoms with Gasteiger partial charge in [0.05, 0.1) is 5.60 Å². The molecule has 0 aliphatic carbocycles. The maximum absolute atomic E-state index is 6.09. The number of methoxy groups -OCH3 is 1. The normalized spacial score (nSPS) is 25.0. The van der Waals surface area contributed by atoms with Crippen molar-refractivity contribution in [3.8, 4) is 0 Å². The first-order valence-electron chi connectivity index (χ1n) is 7.63. The number of aryl methyl sites for hydroxylation is 1. The van der Waals surface area contributed by atoms with Gasteiger partial charge in [0, 0.05) is 40.0 Å². The monoisotopic (exact) mass is 275 g/mol. The van der Waals surface area contributed by atoms with Gasteiger partial charge in [0.25, 0.3) is 0 Å². The molecule has 110 valence electrons. The first-order valence-corrected chi connectivity index (χ1v) is 7.63. The van der Waals surface area contributed by atoms with Crippen LogP contribution in [0, 0.1) is 12.8 Å². The Bertz CT molecular complexity index is 454. The molecule has 1 aromatic rings. The molecule has 3 rings (SSSR count). The number of likely N-dealkylation sites (tertiary alicyclic amines) is 1. The summed E-state index contributed by atoms with van der Waals surface area (Å²) >= 11 is 0. The fourth-order valence-electron chi connectivity index (χ4n) is 3.65. The van der Waals surface area contributed by atoms with E-state index >= 15 is 0 Å². The van der Waals surface area contributed by atoms with Crippen LogP contribution >= 0.6 is 0 Å². The van der Waals surface area contributed by atoms with Crippen LogP contribution in [0.1, 0.15) is 24.0 Å². The molecule has 0 bridgehead atoms. The topological polar surface area (TPSA) is 21.7 Å². The lowest BCUT2D eigenvalue weighted by molar-refractivity contribution is -0.138. The van der Waals surface area contributed by atoms with Gasteiger partial charge >= 0.3 is 0 Å². The summed E-state index contributed by atoms with van der Waals surface area (Å²) in [4.78, 5) is 2.51. The van der Waals surface area contributed by atoms with E-state index in [-0.39, 0.29) is 5.60 Å². The van der Waals surface area contributed by atoms with Gasteiger partial charge in [0.1, 0.15) is 0 Å². The molecule has 2 aliphatic heterocycles. The molecule has 20 heavy (non-hydrogen) atoms. The van der Waals surface area contributed by atoms with Gasteiger partial charge in [-0.05, 0) is 36.8 Å². The van der Waals surface area contributed by atoms with Gasteiger partial charge in [-0.3, -0.25) is 4.90 Å². The molecule has 3 heteroatoms. The second kappa shape index (κ2) is 5.84. The molecular weight excluding hydrogens is 250 g/mol. The molecule has 0 amide bonds. The zero-order valence-electron chi connectivity index (χ0n) is 12.6. The third-order valence-electron chi connectivity index (χ3n) is 4.91. The van der Waals surface area contributed by atoms with E-state index in [4.69, 9.17) is 9.47 Å². The second-order valence-electron chi connectivity index (χ2n) is 6.25. The minimum Gasteiger partial charge on any atom is -0.385 e. The third-order valence-corrected chi connectivity index (χ3v) is 4.91. The Morgan fingerprint density at radius 2 is 2.15 bits per heavy atom. The summed E-state index contributed by atoms with van der Waals surface area (Å²) in [5.41, 5.74) is 2.95. The van der Waals surface area contributed by atoms with Crippen molar-refractivity contribution in [3.05, 3.63) is 35.4 Å². The molecule has 2 fully saturated rings. The molecule has 0 saturated carbocycles. The Labute approximate surface area is 121 Å². The standard InChI is InChI=1S/C17H25NO2/c1-14-5-3-4-6-15(14)11-18-12-17(13-18)16(7-9-19-2)8-10-20-17/h3-6,16H,7-13H2,1-2H3. The highest BCUT2D eigenvalue weighted by Gasteiger charge is 2.52. The SMILES string of the molecule is COCCC1CCOC12CN(Cc1ccccc1C)C2. The van der Waals surface area contributed by atoms with Crippen LogP contribution in [-0.4, -0.2) is 43.9 Å². The van der Waals surface area contributed by atoms with E-state index in [9.17, 15) is 0 Å². The average Bonchev–Trinajstić information content (AvgIpc) is 2.82. The molecule has 1 spiro atoms. The van der Waals surface area contributed by atoms with Gasteiger partial charge in [-0.2, -0.15) is 0 Å². The number of rotatable bonds is 5. The summed E-state index contributed by atoms with van der Waals surface area (Å²) < 4.78 is 11.3. The molecule has 1 aromatic carbocycles. The van der Waals surface area contributed by atoms with Crippen molar-refractivity contribution in [1.29, 1.82) is 0 Å². The van der Waals surface area contributed by atoms with Gasteiger partial charge in [0.2, 0.25) is 0 Å². The summed E-state index contributed by atoms with van der Waals surface area (Å²) in [5.74, 6) is 0.676. The fourth-order valence-corrected chi connectivity index (χ4v) is 3.65. The van der Waals surface area contributed by atoms with Gasteiger partial charge in [-0.1, -0.05) is 24.3 Å². The van der Waals surface area contributed by atoms with Gasteiger partial charge in [0.15, 0.2) is 0 Å². The Morgan fingerprint density at radius 3 is 2.90 bits per heavy atom. The number of ether oxygens (including phenoxy) is 2. The van der Waals surface area contributed by atoms with Crippen LogP contribution in [0.5, 0.6) is 0 Å². The summed E-state index contributed by atoms with van der Waals surface area (Å²) in [5, 5.41) is 0. The average molecular weight is 275 g/mol. The molecule has 3 nitrogen and oxygen atoms in total. The highest BCUT2D eigenvalue weighted by molar-refractivity contribution is 5.26. The van der Waals surface area contributed by atoms with Crippen LogP contribution < -0.4 is 0 Å². The lowest BCUT2D eigenvalue weighted by Gasteiger charge is -2.50. The van der Waals surface area contributed by atoms with Crippen molar-refractivity contribution in [2.45, 2.75) is 31.9 Å². The Hall–Kier alpha value is -0.900. The first-order chi connectivity index (χ1) is 9.73. The van der Waals surface area contributed by atoms with Crippen LogP contribution in [0.4, 0.5) is 0 Å². The Morgan fingerprint density at radius 1 is 1.35 bits per heavy atom. The largest absolute Gasteiger partial charge is 0.385 e. The Kier molecular flexibility index (Phi) is 4.11. The van der Waals surface area contributed by atoms with E-state index in [0.717, 1.165) is 39.3 Å². The summed E-state index contributed by atoms with van der Waals surface area (Å²) in [6.45, 7) is 7.18. The van der Waals surface area contributed by atoms with Crippen LogP contribution in [-0.2, 0) is 16.0 Å². The summed E-state index contributed by atoms with van der Waals surface area (Å²) in [6.07, 6.45) is 2.33. The molecule has 2 saturated heterocycles. The van der Waals surface area contributed by atoms with E-state index in [1.807, 2.05) is 0 Å². The minimum atomic E-state index is 0.126. The number of benzene rings is 1. The van der Waals surface area contributed by atoms with E-state index in [2.05, 4.69) is 36.1 Å². The van der Waals surface area contributed by atoms with Crippen molar-refractivity contribution < 1.29 is 9.47 Å². The molecule has 2 heterocycles. The maximum atomic E-state index is 6.09. The summed E-state index contributed by atoms with van der Waals surface area (Å²) in [6, 6.07) is 8.67. The maximum Gasteiger partial charge on any atom is 0.0964 e. The molecule has 0 aromatic heterocycles. The second-order valence-corrected chi connectivity index (χ2v) is 6.25. The molecular formula is C17H25NO2. The number of hydrogen-bond acceptors (Lipinski definition) is 3. The fraction of sp³-hybridized carbons (Fsp3) is 0.647. The molecule has 0 N–H and O–H groups in total. The van der Waals surface area contributed by atoms with E-state index in [1.54, 1.807) is 7.11 Å². The summed E-state index contributed by atoms with van der Waals surface area (Å²) in [7, 11) is 1.79. The highest BCUT2D eigenvalue weighted by Crippen LogP contribution is 2.42. The van der Waals surface area contributed by atoms with Crippen LogP contribution in [0.2, 0.25) is 0 Å². The number of hydrogen-bond donors (Lipinski definition) is 0. The Balaban J connectivity index is 1.56. The van der Waals surface area contributed by atoms with Gasteiger partial charge < -0.3 is 9.47 Å². The lowest BCUT2D eigenvalue weighted by Crippen LogP contribution is -2.64. The predicted molar refractivity (Wildman–Crippen MR) is 79.7 cm³/mol. The van der Waals surface area contributed by atoms with Crippen molar-refractivity contribution >= 4 is 0 Å². The van der Waals surface area contributed by atoms with Crippen molar-refractivity contribution in [1.82, 2.24) is 4.90 Å². The van der Waals surface area contributed by atoms with Gasteiger partial charge in [-0.25, -0.2) is 0 Å². The van der Waals surface area contributed by atoms with E-state index in [0.29, 0.717) is 5.92 Å². The van der Waals surface area contributed by atoms with Crippen molar-refractivity contribution in [2.24, 2.45) is 5.92 Å². The van der Waals surface area contributed by atoms with Crippen molar-refractivity contribution in [2.75, 3.05) is 33.4 Å². The van der Waals surface area contributed by atoms with Crippen LogP contribution in [0.15, 0.2) is 24.3 Å². The quantitative estimate of drug-likeness (QED) is 0.824. The third kappa shape index (κ3) is 2.62. The van der Waals surface area contributed by atoms with Crippen LogP contribution in [0.25, 0.3) is 0 Å². The first kappa shape index (κ1) is 14.1. The van der Waals surface area contributed by atoms with E-state index in [1.165, 1.54) is 17.5 Å². The number of nitrogens with zero attached hydrogens (tertiary/aromatic N) is 1. The molecule has 1 atom stereocenters. The zero-order chi connectivity index (χ0) is 14.0. The van der Waals surface area contributed by atoms with Crippen LogP contribution in [0.3, 0.4) is 0 Å². The minimum absolute atomic E-state index is 0.126.